The summed E-state index contributed by atoms with van der Waals surface area (Å²) in [5.41, 5.74) is 10.2. The van der Waals surface area contributed by atoms with Crippen LogP contribution in [0.25, 0.3) is 11.3 Å². The Balaban J connectivity index is 1.98. The lowest BCUT2D eigenvalue weighted by molar-refractivity contribution is 0.193. The van der Waals surface area contributed by atoms with Crippen LogP contribution in [-0.4, -0.2) is 25.9 Å². The third-order valence-corrected chi connectivity index (χ3v) is 3.88. The zero-order valence-electron chi connectivity index (χ0n) is 13.6. The zero-order valence-corrected chi connectivity index (χ0v) is 13.6. The van der Waals surface area contributed by atoms with Crippen molar-refractivity contribution >= 4 is 5.69 Å². The van der Waals surface area contributed by atoms with E-state index in [-0.39, 0.29) is 5.75 Å². The standard InChI is InChI=1S/C19H21N3O2/c1-13(23)9-18-19(15-5-7-16(20)8-6-15)21-12-22(18)11-14-3-2-4-17(24)10-14/h2-8,10,12-13,23-24H,9,11,20H2,1H3. The van der Waals surface area contributed by atoms with Gasteiger partial charge in [-0.05, 0) is 36.8 Å². The Hall–Kier alpha value is -2.79. The van der Waals surface area contributed by atoms with E-state index < -0.39 is 6.10 Å². The SMILES string of the molecule is CC(O)Cc1c(-c2ccc(N)cc2)ncn1Cc1cccc(O)c1. The van der Waals surface area contributed by atoms with Crippen molar-refractivity contribution in [1.29, 1.82) is 0 Å². The van der Waals surface area contributed by atoms with E-state index in [1.807, 2.05) is 41.0 Å². The highest BCUT2D eigenvalue weighted by molar-refractivity contribution is 5.64. The van der Waals surface area contributed by atoms with Crippen LogP contribution >= 0.6 is 0 Å². The van der Waals surface area contributed by atoms with Crippen molar-refractivity contribution in [2.75, 3.05) is 5.73 Å². The van der Waals surface area contributed by atoms with Crippen LogP contribution < -0.4 is 5.73 Å². The highest BCUT2D eigenvalue weighted by Crippen LogP contribution is 2.25. The summed E-state index contributed by atoms with van der Waals surface area (Å²) in [5.74, 6) is 0.239. The highest BCUT2D eigenvalue weighted by atomic mass is 16.3. The number of phenols is 1. The minimum atomic E-state index is -0.475. The number of nitrogens with zero attached hydrogens (tertiary/aromatic N) is 2. The molecule has 0 aliphatic rings. The molecule has 0 radical (unpaired) electrons. The molecule has 1 unspecified atom stereocenters. The summed E-state index contributed by atoms with van der Waals surface area (Å²) in [6.45, 7) is 2.34. The molecule has 0 aliphatic carbocycles. The molecule has 24 heavy (non-hydrogen) atoms. The molecule has 1 atom stereocenters. The first-order chi connectivity index (χ1) is 11.5. The number of hydrogen-bond donors (Lipinski definition) is 3. The zero-order chi connectivity index (χ0) is 17.1. The summed E-state index contributed by atoms with van der Waals surface area (Å²) in [6, 6.07) is 14.7. The van der Waals surface area contributed by atoms with Gasteiger partial charge >= 0.3 is 0 Å². The first-order valence-electron chi connectivity index (χ1n) is 7.89. The van der Waals surface area contributed by atoms with Gasteiger partial charge in [-0.2, -0.15) is 0 Å². The van der Waals surface area contributed by atoms with Crippen molar-refractivity contribution in [1.82, 2.24) is 9.55 Å². The molecule has 0 amide bonds. The van der Waals surface area contributed by atoms with Gasteiger partial charge in [0.15, 0.2) is 0 Å². The monoisotopic (exact) mass is 323 g/mol. The maximum Gasteiger partial charge on any atom is 0.115 e. The Morgan fingerprint density at radius 3 is 2.58 bits per heavy atom. The average molecular weight is 323 g/mol. The van der Waals surface area contributed by atoms with E-state index in [0.717, 1.165) is 22.5 Å². The second-order valence-electron chi connectivity index (χ2n) is 6.01. The molecule has 3 aromatic rings. The number of aromatic nitrogens is 2. The number of nitrogen functional groups attached to an aromatic ring is 1. The molecule has 3 rings (SSSR count). The number of aliphatic hydroxyl groups excluding tert-OH is 1. The van der Waals surface area contributed by atoms with E-state index in [4.69, 9.17) is 5.73 Å². The molecule has 4 N–H and O–H groups in total. The van der Waals surface area contributed by atoms with Crippen molar-refractivity contribution < 1.29 is 10.2 Å². The number of imidazole rings is 1. The van der Waals surface area contributed by atoms with Crippen molar-refractivity contribution in [3.63, 3.8) is 0 Å². The van der Waals surface area contributed by atoms with Crippen LogP contribution in [0.15, 0.2) is 54.9 Å². The third-order valence-electron chi connectivity index (χ3n) is 3.88. The van der Waals surface area contributed by atoms with E-state index in [9.17, 15) is 10.2 Å². The van der Waals surface area contributed by atoms with Crippen LogP contribution in [0.3, 0.4) is 0 Å². The lowest BCUT2D eigenvalue weighted by Gasteiger charge is -2.12. The second-order valence-corrected chi connectivity index (χ2v) is 6.01. The predicted octanol–water partition coefficient (Wildman–Crippen LogP) is 2.81. The summed E-state index contributed by atoms with van der Waals surface area (Å²) < 4.78 is 2.01. The lowest BCUT2D eigenvalue weighted by Crippen LogP contribution is -2.11. The van der Waals surface area contributed by atoms with Gasteiger partial charge in [-0.25, -0.2) is 4.98 Å². The van der Waals surface area contributed by atoms with Crippen molar-refractivity contribution in [3.8, 4) is 17.0 Å². The predicted molar refractivity (Wildman–Crippen MR) is 94.7 cm³/mol. The maximum atomic E-state index is 9.87. The van der Waals surface area contributed by atoms with Gasteiger partial charge in [0.1, 0.15) is 5.75 Å². The molecule has 0 fully saturated rings. The molecule has 5 nitrogen and oxygen atoms in total. The Kier molecular flexibility index (Phi) is 4.53. The normalized spacial score (nSPS) is 12.2. The maximum absolute atomic E-state index is 9.87. The highest BCUT2D eigenvalue weighted by Gasteiger charge is 2.15. The van der Waals surface area contributed by atoms with Crippen molar-refractivity contribution in [2.24, 2.45) is 0 Å². The van der Waals surface area contributed by atoms with E-state index in [1.54, 1.807) is 25.4 Å². The van der Waals surface area contributed by atoms with Gasteiger partial charge in [0.25, 0.3) is 0 Å². The number of hydrogen-bond acceptors (Lipinski definition) is 4. The number of rotatable bonds is 5. The second kappa shape index (κ2) is 6.76. The van der Waals surface area contributed by atoms with Crippen LogP contribution in [0.4, 0.5) is 5.69 Å². The summed E-state index contributed by atoms with van der Waals surface area (Å²) in [4.78, 5) is 4.54. The molecule has 124 valence electrons. The summed E-state index contributed by atoms with van der Waals surface area (Å²) in [5, 5.41) is 19.5. The third kappa shape index (κ3) is 3.58. The van der Waals surface area contributed by atoms with Crippen LogP contribution in [0, 0.1) is 0 Å². The van der Waals surface area contributed by atoms with Gasteiger partial charge in [0.2, 0.25) is 0 Å². The van der Waals surface area contributed by atoms with Crippen molar-refractivity contribution in [2.45, 2.75) is 26.0 Å². The van der Waals surface area contributed by atoms with Gasteiger partial charge in [0, 0.05) is 29.9 Å². The van der Waals surface area contributed by atoms with E-state index in [1.165, 1.54) is 0 Å². The Morgan fingerprint density at radius 2 is 1.92 bits per heavy atom. The summed E-state index contributed by atoms with van der Waals surface area (Å²) in [7, 11) is 0. The molecule has 1 aromatic heterocycles. The molecule has 0 aliphatic heterocycles. The molecule has 2 aromatic carbocycles. The van der Waals surface area contributed by atoms with Crippen molar-refractivity contribution in [3.05, 3.63) is 66.1 Å². The van der Waals surface area contributed by atoms with Gasteiger partial charge < -0.3 is 20.5 Å². The largest absolute Gasteiger partial charge is 0.508 e. The molecular weight excluding hydrogens is 302 g/mol. The fraction of sp³-hybridized carbons (Fsp3) is 0.211. The Morgan fingerprint density at radius 1 is 1.17 bits per heavy atom. The van der Waals surface area contributed by atoms with Crippen LogP contribution in [0.5, 0.6) is 5.75 Å². The summed E-state index contributed by atoms with van der Waals surface area (Å²) in [6.07, 6.45) is 1.79. The Bertz CT molecular complexity index is 823. The minimum absolute atomic E-state index is 0.239. The van der Waals surface area contributed by atoms with Gasteiger partial charge in [0.05, 0.1) is 18.1 Å². The van der Waals surface area contributed by atoms with Gasteiger partial charge in [-0.3, -0.25) is 0 Å². The molecule has 1 heterocycles. The van der Waals surface area contributed by atoms with Crippen LogP contribution in [-0.2, 0) is 13.0 Å². The summed E-state index contributed by atoms with van der Waals surface area (Å²) >= 11 is 0. The first-order valence-corrected chi connectivity index (χ1v) is 7.89. The number of nitrogens with two attached hydrogens (primary N) is 1. The van der Waals surface area contributed by atoms with Gasteiger partial charge in [-0.15, -0.1) is 0 Å². The topological polar surface area (TPSA) is 84.3 Å². The quantitative estimate of drug-likeness (QED) is 0.630. The Labute approximate surface area is 141 Å². The minimum Gasteiger partial charge on any atom is -0.508 e. The number of anilines is 1. The molecule has 0 bridgehead atoms. The first kappa shape index (κ1) is 16.1. The smallest absolute Gasteiger partial charge is 0.115 e. The molecule has 5 heteroatoms. The number of aliphatic hydroxyl groups is 1. The van der Waals surface area contributed by atoms with Gasteiger partial charge in [-0.1, -0.05) is 24.3 Å². The van der Waals surface area contributed by atoms with Crippen LogP contribution in [0.1, 0.15) is 18.2 Å². The molecule has 0 saturated heterocycles. The van der Waals surface area contributed by atoms with E-state index in [2.05, 4.69) is 4.98 Å². The molecular formula is C19H21N3O2. The van der Waals surface area contributed by atoms with E-state index in [0.29, 0.717) is 18.7 Å². The number of aromatic hydroxyl groups is 1. The molecule has 0 saturated carbocycles. The van der Waals surface area contributed by atoms with E-state index >= 15 is 0 Å². The number of benzene rings is 2. The fourth-order valence-electron chi connectivity index (χ4n) is 2.77. The molecule has 0 spiro atoms. The average Bonchev–Trinajstić information content (AvgIpc) is 2.90. The number of phenolic OH excluding ortho intramolecular Hbond substituents is 1. The lowest BCUT2D eigenvalue weighted by atomic mass is 10.1. The van der Waals surface area contributed by atoms with Crippen LogP contribution in [0.2, 0.25) is 0 Å². The fourth-order valence-corrected chi connectivity index (χ4v) is 2.77.